The van der Waals surface area contributed by atoms with Crippen LogP contribution in [0.2, 0.25) is 0 Å². The summed E-state index contributed by atoms with van der Waals surface area (Å²) < 4.78 is 13.4. The fourth-order valence-corrected chi connectivity index (χ4v) is 3.50. The lowest BCUT2D eigenvalue weighted by molar-refractivity contribution is -0.121. The molecule has 0 spiro atoms. The van der Waals surface area contributed by atoms with E-state index in [0.717, 1.165) is 30.8 Å². The minimum Gasteiger partial charge on any atom is -0.355 e. The van der Waals surface area contributed by atoms with Crippen LogP contribution >= 0.6 is 11.8 Å². The fraction of sp³-hybridized carbons (Fsp3) is 0.588. The van der Waals surface area contributed by atoms with Gasteiger partial charge in [0.05, 0.1) is 0 Å². The average Bonchev–Trinajstić information content (AvgIpc) is 2.55. The molecule has 1 aromatic rings. The molecule has 2 N–H and O–H groups in total. The number of rotatable bonds is 8. The number of thioether (sulfide) groups is 1. The lowest BCUT2D eigenvalue weighted by Gasteiger charge is -2.22. The summed E-state index contributed by atoms with van der Waals surface area (Å²) in [5, 5.41) is 6.29. The maximum atomic E-state index is 13.4. The lowest BCUT2D eigenvalue weighted by atomic mass is 9.93. The van der Waals surface area contributed by atoms with Gasteiger partial charge in [0.1, 0.15) is 5.82 Å². The Morgan fingerprint density at radius 1 is 1.32 bits per heavy atom. The minimum atomic E-state index is -0.152. The van der Waals surface area contributed by atoms with Crippen LogP contribution in [-0.2, 0) is 10.5 Å². The largest absolute Gasteiger partial charge is 0.355 e. The quantitative estimate of drug-likeness (QED) is 0.722. The Bertz CT molecular complexity index is 464. The molecule has 5 heteroatoms. The number of piperidine rings is 1. The molecule has 1 aliphatic rings. The zero-order valence-electron chi connectivity index (χ0n) is 12.9. The van der Waals surface area contributed by atoms with Gasteiger partial charge in [0.15, 0.2) is 0 Å². The number of amides is 1. The Morgan fingerprint density at radius 3 is 2.86 bits per heavy atom. The van der Waals surface area contributed by atoms with Gasteiger partial charge in [-0.2, -0.15) is 11.8 Å². The van der Waals surface area contributed by atoms with Crippen molar-refractivity contribution in [3.8, 4) is 0 Å². The first kappa shape index (κ1) is 17.3. The van der Waals surface area contributed by atoms with Gasteiger partial charge in [0.2, 0.25) is 5.91 Å². The normalized spacial score (nSPS) is 15.7. The van der Waals surface area contributed by atoms with Crippen LogP contribution in [0.3, 0.4) is 0 Å². The molecule has 0 bridgehead atoms. The molecular formula is C17H25FN2OS. The van der Waals surface area contributed by atoms with E-state index in [4.69, 9.17) is 0 Å². The number of carbonyl (C=O) groups is 1. The SMILES string of the molecule is O=C(CCC1CCNCC1)NCCSCc1ccccc1F. The number of halogens is 1. The third-order valence-corrected chi connectivity index (χ3v) is 5.03. The van der Waals surface area contributed by atoms with Crippen molar-refractivity contribution >= 4 is 17.7 Å². The summed E-state index contributed by atoms with van der Waals surface area (Å²) in [5.74, 6) is 2.15. The Labute approximate surface area is 136 Å². The van der Waals surface area contributed by atoms with Crippen LogP contribution in [0, 0.1) is 11.7 Å². The van der Waals surface area contributed by atoms with Gasteiger partial charge in [0.25, 0.3) is 0 Å². The minimum absolute atomic E-state index is 0.144. The van der Waals surface area contributed by atoms with Crippen molar-refractivity contribution in [3.05, 3.63) is 35.6 Å². The number of benzene rings is 1. The van der Waals surface area contributed by atoms with Gasteiger partial charge in [-0.3, -0.25) is 4.79 Å². The van der Waals surface area contributed by atoms with Gasteiger partial charge < -0.3 is 10.6 Å². The second kappa shape index (κ2) is 9.85. The zero-order valence-corrected chi connectivity index (χ0v) is 13.8. The van der Waals surface area contributed by atoms with Gasteiger partial charge in [-0.15, -0.1) is 0 Å². The van der Waals surface area contributed by atoms with Gasteiger partial charge in [-0.05, 0) is 49.9 Å². The first-order valence-corrected chi connectivity index (χ1v) is 9.20. The van der Waals surface area contributed by atoms with Crippen LogP contribution in [0.15, 0.2) is 24.3 Å². The molecule has 2 rings (SSSR count). The molecule has 22 heavy (non-hydrogen) atoms. The Hall–Kier alpha value is -1.07. The van der Waals surface area contributed by atoms with Crippen LogP contribution in [-0.4, -0.2) is 31.3 Å². The van der Waals surface area contributed by atoms with Gasteiger partial charge in [0, 0.05) is 24.5 Å². The number of hydrogen-bond acceptors (Lipinski definition) is 3. The van der Waals surface area contributed by atoms with Gasteiger partial charge in [-0.1, -0.05) is 18.2 Å². The first-order chi connectivity index (χ1) is 10.8. The fourth-order valence-electron chi connectivity index (χ4n) is 2.65. The van der Waals surface area contributed by atoms with E-state index in [1.165, 1.54) is 18.9 Å². The highest BCUT2D eigenvalue weighted by Crippen LogP contribution is 2.17. The number of nitrogens with one attached hydrogen (secondary N) is 2. The molecule has 1 amide bonds. The van der Waals surface area contributed by atoms with E-state index in [9.17, 15) is 9.18 Å². The first-order valence-electron chi connectivity index (χ1n) is 8.04. The Morgan fingerprint density at radius 2 is 2.09 bits per heavy atom. The Kier molecular flexibility index (Phi) is 7.74. The van der Waals surface area contributed by atoms with Crippen LogP contribution in [0.25, 0.3) is 0 Å². The van der Waals surface area contributed by atoms with Crippen molar-refractivity contribution in [2.75, 3.05) is 25.4 Å². The molecule has 1 heterocycles. The highest BCUT2D eigenvalue weighted by Gasteiger charge is 2.14. The van der Waals surface area contributed by atoms with E-state index >= 15 is 0 Å². The van der Waals surface area contributed by atoms with Gasteiger partial charge >= 0.3 is 0 Å². The van der Waals surface area contributed by atoms with Crippen molar-refractivity contribution in [2.45, 2.75) is 31.4 Å². The van der Waals surface area contributed by atoms with Crippen LogP contribution < -0.4 is 10.6 Å². The molecule has 3 nitrogen and oxygen atoms in total. The molecule has 1 saturated heterocycles. The third-order valence-electron chi connectivity index (χ3n) is 4.02. The van der Waals surface area contributed by atoms with Crippen LogP contribution in [0.1, 0.15) is 31.2 Å². The van der Waals surface area contributed by atoms with E-state index in [0.29, 0.717) is 24.6 Å². The molecule has 0 atom stereocenters. The summed E-state index contributed by atoms with van der Waals surface area (Å²) in [7, 11) is 0. The summed E-state index contributed by atoms with van der Waals surface area (Å²) in [6, 6.07) is 6.84. The predicted octanol–water partition coefficient (Wildman–Crippen LogP) is 2.95. The van der Waals surface area contributed by atoms with Gasteiger partial charge in [-0.25, -0.2) is 4.39 Å². The molecule has 0 aliphatic carbocycles. The average molecular weight is 324 g/mol. The smallest absolute Gasteiger partial charge is 0.220 e. The molecule has 0 saturated carbocycles. The summed E-state index contributed by atoms with van der Waals surface area (Å²) in [4.78, 5) is 11.8. The summed E-state index contributed by atoms with van der Waals surface area (Å²) in [5.41, 5.74) is 0.727. The summed E-state index contributed by atoms with van der Waals surface area (Å²) in [6.45, 7) is 2.82. The van der Waals surface area contributed by atoms with Crippen molar-refractivity contribution in [2.24, 2.45) is 5.92 Å². The van der Waals surface area contributed by atoms with E-state index in [1.807, 2.05) is 6.07 Å². The molecule has 1 aromatic carbocycles. The highest BCUT2D eigenvalue weighted by molar-refractivity contribution is 7.98. The number of hydrogen-bond donors (Lipinski definition) is 2. The maximum Gasteiger partial charge on any atom is 0.220 e. The molecule has 0 unspecified atom stereocenters. The van der Waals surface area contributed by atoms with Crippen molar-refractivity contribution in [1.29, 1.82) is 0 Å². The third kappa shape index (κ3) is 6.36. The van der Waals surface area contributed by atoms with Crippen molar-refractivity contribution in [3.63, 3.8) is 0 Å². The summed E-state index contributed by atoms with van der Waals surface area (Å²) in [6.07, 6.45) is 4.00. The van der Waals surface area contributed by atoms with E-state index < -0.39 is 0 Å². The van der Waals surface area contributed by atoms with E-state index in [-0.39, 0.29) is 11.7 Å². The molecule has 122 valence electrons. The van der Waals surface area contributed by atoms with Crippen LogP contribution in [0.5, 0.6) is 0 Å². The van der Waals surface area contributed by atoms with Crippen molar-refractivity contribution < 1.29 is 9.18 Å². The van der Waals surface area contributed by atoms with Crippen molar-refractivity contribution in [1.82, 2.24) is 10.6 Å². The number of carbonyl (C=O) groups excluding carboxylic acids is 1. The second-order valence-corrected chi connectivity index (χ2v) is 6.83. The van der Waals surface area contributed by atoms with E-state index in [1.54, 1.807) is 23.9 Å². The Balaban J connectivity index is 1.51. The molecule has 0 aromatic heterocycles. The standard InChI is InChI=1S/C17H25FN2OS/c18-16-4-2-1-3-15(16)13-22-12-11-20-17(21)6-5-14-7-9-19-10-8-14/h1-4,14,19H,5-13H2,(H,20,21). The van der Waals surface area contributed by atoms with Crippen LogP contribution in [0.4, 0.5) is 4.39 Å². The zero-order chi connectivity index (χ0) is 15.6. The topological polar surface area (TPSA) is 41.1 Å². The predicted molar refractivity (Wildman–Crippen MR) is 90.4 cm³/mol. The molecule has 1 aliphatic heterocycles. The maximum absolute atomic E-state index is 13.4. The molecule has 1 fully saturated rings. The van der Waals surface area contributed by atoms with E-state index in [2.05, 4.69) is 10.6 Å². The molecule has 0 radical (unpaired) electrons. The lowest BCUT2D eigenvalue weighted by Crippen LogP contribution is -2.30. The monoisotopic (exact) mass is 324 g/mol. The highest BCUT2D eigenvalue weighted by atomic mass is 32.2. The molecular weight excluding hydrogens is 299 g/mol. The summed E-state index contributed by atoms with van der Waals surface area (Å²) >= 11 is 1.65. The second-order valence-electron chi connectivity index (χ2n) is 5.73.